The van der Waals surface area contributed by atoms with Gasteiger partial charge in [0, 0.05) is 26.7 Å². The zero-order chi connectivity index (χ0) is 11.0. The summed E-state index contributed by atoms with van der Waals surface area (Å²) >= 11 is 1.79. The molecule has 0 aliphatic heterocycles. The van der Waals surface area contributed by atoms with Crippen molar-refractivity contribution >= 4 is 22.7 Å². The second kappa shape index (κ2) is 3.59. The summed E-state index contributed by atoms with van der Waals surface area (Å²) in [4.78, 5) is 2.60. The molecule has 2 nitrogen and oxygen atoms in total. The van der Waals surface area contributed by atoms with Crippen LogP contribution in [0.25, 0.3) is 11.1 Å². The van der Waals surface area contributed by atoms with Crippen molar-refractivity contribution in [2.75, 3.05) is 11.5 Å². The molecule has 0 saturated carbocycles. The second-order valence-electron chi connectivity index (χ2n) is 3.67. The van der Waals surface area contributed by atoms with E-state index < -0.39 is 0 Å². The minimum absolute atomic E-state index is 0.709. The van der Waals surface area contributed by atoms with Crippen molar-refractivity contribution in [3.8, 4) is 11.1 Å². The molecule has 0 aliphatic rings. The van der Waals surface area contributed by atoms with Gasteiger partial charge in [0.05, 0.1) is 0 Å². The molecule has 3 heteroatoms. The van der Waals surface area contributed by atoms with E-state index in [0.29, 0.717) is 5.69 Å². The maximum Gasteiger partial charge on any atom is 0.0414 e. The first-order chi connectivity index (χ1) is 7.08. The monoisotopic (exact) mass is 218 g/mol. The summed E-state index contributed by atoms with van der Waals surface area (Å²) < 4.78 is 0. The Morgan fingerprint density at radius 2 is 1.73 bits per heavy atom. The summed E-state index contributed by atoms with van der Waals surface area (Å²) in [5.74, 6) is 0. The van der Waals surface area contributed by atoms with Gasteiger partial charge in [-0.25, -0.2) is 0 Å². The van der Waals surface area contributed by atoms with Gasteiger partial charge in [0.2, 0.25) is 0 Å². The molecule has 0 aliphatic carbocycles. The molecule has 1 aromatic carbocycles. The lowest BCUT2D eigenvalue weighted by atomic mass is 10.0. The largest absolute Gasteiger partial charge is 0.399 e. The lowest BCUT2D eigenvalue weighted by molar-refractivity contribution is 1.56. The highest BCUT2D eigenvalue weighted by molar-refractivity contribution is 7.12. The van der Waals surface area contributed by atoms with Crippen molar-refractivity contribution in [2.45, 2.75) is 13.8 Å². The Morgan fingerprint density at radius 1 is 1.00 bits per heavy atom. The molecule has 0 spiro atoms. The van der Waals surface area contributed by atoms with Crippen LogP contribution < -0.4 is 11.5 Å². The molecule has 1 heterocycles. The standard InChI is InChI=1S/C12H14N2S/c1-7-5-11(8(2)15-7)10-4-3-9(13)6-12(10)14/h3-6H,13-14H2,1-2H3. The van der Waals surface area contributed by atoms with E-state index in [-0.39, 0.29) is 0 Å². The van der Waals surface area contributed by atoms with E-state index in [2.05, 4.69) is 19.9 Å². The maximum atomic E-state index is 5.96. The van der Waals surface area contributed by atoms with Gasteiger partial charge < -0.3 is 11.5 Å². The van der Waals surface area contributed by atoms with Crippen LogP contribution in [-0.2, 0) is 0 Å². The Bertz CT molecular complexity index is 500. The SMILES string of the molecule is Cc1cc(-c2ccc(N)cc2N)c(C)s1. The Morgan fingerprint density at radius 3 is 2.27 bits per heavy atom. The van der Waals surface area contributed by atoms with Gasteiger partial charge in [0.1, 0.15) is 0 Å². The van der Waals surface area contributed by atoms with Gasteiger partial charge in [0.25, 0.3) is 0 Å². The van der Waals surface area contributed by atoms with E-state index in [1.807, 2.05) is 18.2 Å². The zero-order valence-electron chi connectivity index (χ0n) is 8.87. The maximum absolute atomic E-state index is 5.96. The van der Waals surface area contributed by atoms with Crippen molar-refractivity contribution < 1.29 is 0 Å². The molecule has 1 aromatic heterocycles. The van der Waals surface area contributed by atoms with Crippen LogP contribution in [0.15, 0.2) is 24.3 Å². The molecule has 0 amide bonds. The van der Waals surface area contributed by atoms with Gasteiger partial charge in [-0.15, -0.1) is 11.3 Å². The fraction of sp³-hybridized carbons (Fsp3) is 0.167. The van der Waals surface area contributed by atoms with Crippen LogP contribution in [0.5, 0.6) is 0 Å². The number of hydrogen-bond donors (Lipinski definition) is 2. The van der Waals surface area contributed by atoms with Crippen LogP contribution in [-0.4, -0.2) is 0 Å². The Balaban J connectivity index is 2.59. The molecule has 4 N–H and O–H groups in total. The van der Waals surface area contributed by atoms with Crippen LogP contribution >= 0.6 is 11.3 Å². The van der Waals surface area contributed by atoms with Crippen molar-refractivity contribution in [3.05, 3.63) is 34.0 Å². The van der Waals surface area contributed by atoms with Crippen LogP contribution in [0, 0.1) is 13.8 Å². The molecule has 0 bridgehead atoms. The summed E-state index contributed by atoms with van der Waals surface area (Å²) in [6.45, 7) is 4.22. The molecular weight excluding hydrogens is 204 g/mol. The fourth-order valence-electron chi connectivity index (χ4n) is 1.72. The molecule has 0 saturated heterocycles. The summed E-state index contributed by atoms with van der Waals surface area (Å²) in [6, 6.07) is 7.85. The number of nitrogen functional groups attached to an aromatic ring is 2. The Hall–Kier alpha value is -1.48. The molecule has 0 unspecified atom stereocenters. The van der Waals surface area contributed by atoms with E-state index in [9.17, 15) is 0 Å². The predicted molar refractivity (Wildman–Crippen MR) is 68.1 cm³/mol. The van der Waals surface area contributed by atoms with E-state index >= 15 is 0 Å². The third-order valence-electron chi connectivity index (χ3n) is 2.41. The molecule has 78 valence electrons. The van der Waals surface area contributed by atoms with Crippen LogP contribution in [0.2, 0.25) is 0 Å². The van der Waals surface area contributed by atoms with Crippen molar-refractivity contribution in [2.24, 2.45) is 0 Å². The first-order valence-electron chi connectivity index (χ1n) is 4.80. The third kappa shape index (κ3) is 1.83. The molecule has 15 heavy (non-hydrogen) atoms. The van der Waals surface area contributed by atoms with Gasteiger partial charge in [-0.2, -0.15) is 0 Å². The normalized spacial score (nSPS) is 10.5. The van der Waals surface area contributed by atoms with Crippen LogP contribution in [0.1, 0.15) is 9.75 Å². The predicted octanol–water partition coefficient (Wildman–Crippen LogP) is 3.20. The summed E-state index contributed by atoms with van der Waals surface area (Å²) in [5.41, 5.74) is 15.4. The number of rotatable bonds is 1. The second-order valence-corrected chi connectivity index (χ2v) is 5.13. The zero-order valence-corrected chi connectivity index (χ0v) is 9.69. The van der Waals surface area contributed by atoms with Crippen molar-refractivity contribution in [1.82, 2.24) is 0 Å². The summed E-state index contributed by atoms with van der Waals surface area (Å²) in [6.07, 6.45) is 0. The fourth-order valence-corrected chi connectivity index (χ4v) is 2.66. The van der Waals surface area contributed by atoms with Gasteiger partial charge in [0.15, 0.2) is 0 Å². The lowest BCUT2D eigenvalue weighted by Crippen LogP contribution is -1.92. The molecule has 0 fully saturated rings. The quantitative estimate of drug-likeness (QED) is 0.722. The highest BCUT2D eigenvalue weighted by Gasteiger charge is 2.08. The molecule has 0 atom stereocenters. The third-order valence-corrected chi connectivity index (χ3v) is 3.37. The molecular formula is C12H14N2S. The van der Waals surface area contributed by atoms with Gasteiger partial charge in [-0.05, 0) is 37.6 Å². The smallest absolute Gasteiger partial charge is 0.0414 e. The number of benzene rings is 1. The number of thiophene rings is 1. The first-order valence-corrected chi connectivity index (χ1v) is 5.62. The van der Waals surface area contributed by atoms with Crippen molar-refractivity contribution in [3.63, 3.8) is 0 Å². The Labute approximate surface area is 93.5 Å². The first kappa shape index (κ1) is 10.1. The number of anilines is 2. The molecule has 0 radical (unpaired) electrons. The molecule has 2 aromatic rings. The Kier molecular flexibility index (Phi) is 2.40. The summed E-state index contributed by atoms with van der Waals surface area (Å²) in [7, 11) is 0. The highest BCUT2D eigenvalue weighted by atomic mass is 32.1. The van der Waals surface area contributed by atoms with Gasteiger partial charge >= 0.3 is 0 Å². The van der Waals surface area contributed by atoms with Crippen LogP contribution in [0.4, 0.5) is 11.4 Å². The number of nitrogens with two attached hydrogens (primary N) is 2. The van der Waals surface area contributed by atoms with E-state index in [4.69, 9.17) is 11.5 Å². The van der Waals surface area contributed by atoms with E-state index in [1.165, 1.54) is 15.3 Å². The van der Waals surface area contributed by atoms with Crippen LogP contribution in [0.3, 0.4) is 0 Å². The van der Waals surface area contributed by atoms with E-state index in [1.54, 1.807) is 11.3 Å². The number of hydrogen-bond acceptors (Lipinski definition) is 3. The van der Waals surface area contributed by atoms with Crippen molar-refractivity contribution in [1.29, 1.82) is 0 Å². The summed E-state index contributed by atoms with van der Waals surface area (Å²) in [5, 5.41) is 0. The average Bonchev–Trinajstić information content (AvgIpc) is 2.45. The highest BCUT2D eigenvalue weighted by Crippen LogP contribution is 2.34. The minimum Gasteiger partial charge on any atom is -0.399 e. The van der Waals surface area contributed by atoms with Gasteiger partial charge in [-0.3, -0.25) is 0 Å². The molecule has 2 rings (SSSR count). The minimum atomic E-state index is 0.709. The lowest BCUT2D eigenvalue weighted by Gasteiger charge is -2.05. The average molecular weight is 218 g/mol. The topological polar surface area (TPSA) is 52.0 Å². The number of aryl methyl sites for hydroxylation is 2. The van der Waals surface area contributed by atoms with E-state index in [0.717, 1.165) is 11.3 Å². The van der Waals surface area contributed by atoms with Gasteiger partial charge in [-0.1, -0.05) is 6.07 Å².